The van der Waals surface area contributed by atoms with Crippen molar-refractivity contribution in [3.8, 4) is 17.1 Å². The van der Waals surface area contributed by atoms with Gasteiger partial charge in [0.05, 0.1) is 12.9 Å². The predicted octanol–water partition coefficient (Wildman–Crippen LogP) is 3.54. The minimum Gasteiger partial charge on any atom is -0.497 e. The van der Waals surface area contributed by atoms with Gasteiger partial charge in [0.2, 0.25) is 11.1 Å². The van der Waals surface area contributed by atoms with Crippen molar-refractivity contribution in [2.45, 2.75) is 11.7 Å². The van der Waals surface area contributed by atoms with Crippen LogP contribution < -0.4 is 10.1 Å². The number of benzene rings is 2. The average Bonchev–Trinajstić information content (AvgIpc) is 3.14. The molecule has 1 aromatic heterocycles. The van der Waals surface area contributed by atoms with Gasteiger partial charge in [-0.1, -0.05) is 35.5 Å². The Morgan fingerprint density at radius 1 is 1.19 bits per heavy atom. The van der Waals surface area contributed by atoms with E-state index in [-0.39, 0.29) is 11.7 Å². The van der Waals surface area contributed by atoms with Crippen LogP contribution in [0.15, 0.2) is 53.7 Å². The lowest BCUT2D eigenvalue weighted by atomic mass is 10.2. The van der Waals surface area contributed by atoms with Gasteiger partial charge >= 0.3 is 0 Å². The number of aromatic nitrogens is 3. The molecule has 1 heterocycles. The van der Waals surface area contributed by atoms with Crippen molar-refractivity contribution in [3.05, 3.63) is 59.1 Å². The van der Waals surface area contributed by atoms with E-state index >= 15 is 0 Å². The van der Waals surface area contributed by atoms with Crippen LogP contribution in [0.1, 0.15) is 5.56 Å². The lowest BCUT2D eigenvalue weighted by Crippen LogP contribution is -2.24. The lowest BCUT2D eigenvalue weighted by Gasteiger charge is -2.05. The monoisotopic (exact) mass is 388 g/mol. The minimum absolute atomic E-state index is 0.0799. The molecule has 0 saturated carbocycles. The van der Waals surface area contributed by atoms with E-state index in [0.29, 0.717) is 22.5 Å². The molecule has 6 nitrogen and oxygen atoms in total. The number of halogens is 1. The first kappa shape index (κ1) is 18.3. The number of methoxy groups -OCH3 is 1. The minimum atomic E-state index is -0.0799. The SMILES string of the molecule is COc1ccc(CNC(=O)CSc2n[nH]c(-c3ccc(Cl)cc3)n2)cc1. The number of hydrogen-bond acceptors (Lipinski definition) is 5. The topological polar surface area (TPSA) is 79.9 Å². The fourth-order valence-electron chi connectivity index (χ4n) is 2.17. The van der Waals surface area contributed by atoms with E-state index in [1.54, 1.807) is 19.2 Å². The number of nitrogens with one attached hydrogen (secondary N) is 2. The second-order valence-electron chi connectivity index (χ2n) is 5.39. The van der Waals surface area contributed by atoms with Crippen molar-refractivity contribution >= 4 is 29.3 Å². The molecule has 0 radical (unpaired) electrons. The zero-order valence-corrected chi connectivity index (χ0v) is 15.6. The molecule has 0 atom stereocenters. The number of carbonyl (C=O) groups excluding carboxylic acids is 1. The molecule has 0 spiro atoms. The van der Waals surface area contributed by atoms with Gasteiger partial charge in [0.25, 0.3) is 0 Å². The van der Waals surface area contributed by atoms with Crippen LogP contribution in [0.25, 0.3) is 11.4 Å². The van der Waals surface area contributed by atoms with Crippen molar-refractivity contribution < 1.29 is 9.53 Å². The summed E-state index contributed by atoms with van der Waals surface area (Å²) in [5, 5.41) is 11.0. The summed E-state index contributed by atoms with van der Waals surface area (Å²) in [5.74, 6) is 1.59. The fourth-order valence-corrected chi connectivity index (χ4v) is 2.93. The molecule has 0 unspecified atom stereocenters. The molecule has 0 aliphatic heterocycles. The summed E-state index contributed by atoms with van der Waals surface area (Å²) in [4.78, 5) is 16.4. The van der Waals surface area contributed by atoms with Crippen LogP contribution in [0.2, 0.25) is 5.02 Å². The third-order valence-corrected chi connectivity index (χ3v) is 4.66. The summed E-state index contributed by atoms with van der Waals surface area (Å²) in [6.07, 6.45) is 0. The van der Waals surface area contributed by atoms with Gasteiger partial charge in [-0.3, -0.25) is 9.89 Å². The molecule has 0 aliphatic rings. The molecule has 0 aliphatic carbocycles. The molecule has 134 valence electrons. The first-order chi connectivity index (χ1) is 12.6. The molecule has 26 heavy (non-hydrogen) atoms. The van der Waals surface area contributed by atoms with Gasteiger partial charge in [-0.15, -0.1) is 5.10 Å². The zero-order valence-electron chi connectivity index (χ0n) is 14.0. The van der Waals surface area contributed by atoms with E-state index in [1.165, 1.54) is 11.8 Å². The van der Waals surface area contributed by atoms with Crippen LogP contribution in [-0.2, 0) is 11.3 Å². The Morgan fingerprint density at radius 2 is 1.92 bits per heavy atom. The van der Waals surface area contributed by atoms with Gasteiger partial charge in [0, 0.05) is 17.1 Å². The van der Waals surface area contributed by atoms with Gasteiger partial charge in [0.15, 0.2) is 5.82 Å². The summed E-state index contributed by atoms with van der Waals surface area (Å²) < 4.78 is 5.11. The van der Waals surface area contributed by atoms with E-state index in [9.17, 15) is 4.79 Å². The number of H-pyrrole nitrogens is 1. The van der Waals surface area contributed by atoms with Crippen LogP contribution >= 0.6 is 23.4 Å². The zero-order chi connectivity index (χ0) is 18.4. The van der Waals surface area contributed by atoms with Crippen molar-refractivity contribution in [1.29, 1.82) is 0 Å². The van der Waals surface area contributed by atoms with Crippen LogP contribution in [0.5, 0.6) is 5.75 Å². The molecule has 2 aromatic carbocycles. The maximum Gasteiger partial charge on any atom is 0.230 e. The number of aromatic amines is 1. The van der Waals surface area contributed by atoms with Crippen LogP contribution in [-0.4, -0.2) is 34.0 Å². The third-order valence-electron chi connectivity index (χ3n) is 3.56. The molecule has 3 aromatic rings. The highest BCUT2D eigenvalue weighted by molar-refractivity contribution is 7.99. The van der Waals surface area contributed by atoms with E-state index in [0.717, 1.165) is 16.9 Å². The van der Waals surface area contributed by atoms with Crippen molar-refractivity contribution in [2.75, 3.05) is 12.9 Å². The second-order valence-corrected chi connectivity index (χ2v) is 6.77. The molecule has 0 bridgehead atoms. The first-order valence-electron chi connectivity index (χ1n) is 7.85. The van der Waals surface area contributed by atoms with Crippen LogP contribution in [0.3, 0.4) is 0 Å². The van der Waals surface area contributed by atoms with Crippen LogP contribution in [0.4, 0.5) is 0 Å². The second kappa shape index (κ2) is 8.73. The highest BCUT2D eigenvalue weighted by Crippen LogP contribution is 2.20. The maximum atomic E-state index is 12.0. The van der Waals surface area contributed by atoms with Gasteiger partial charge in [0.1, 0.15) is 5.75 Å². The highest BCUT2D eigenvalue weighted by Gasteiger charge is 2.09. The summed E-state index contributed by atoms with van der Waals surface area (Å²) in [7, 11) is 1.62. The van der Waals surface area contributed by atoms with Crippen LogP contribution in [0, 0.1) is 0 Å². The molecule has 3 rings (SSSR count). The first-order valence-corrected chi connectivity index (χ1v) is 9.21. The largest absolute Gasteiger partial charge is 0.497 e. The number of rotatable bonds is 7. The molecular formula is C18H17ClN4O2S. The van der Waals surface area contributed by atoms with E-state index < -0.39 is 0 Å². The van der Waals surface area contributed by atoms with Crippen molar-refractivity contribution in [1.82, 2.24) is 20.5 Å². The molecular weight excluding hydrogens is 372 g/mol. The number of thioether (sulfide) groups is 1. The van der Waals surface area contributed by atoms with Gasteiger partial charge in [-0.25, -0.2) is 4.98 Å². The fraction of sp³-hybridized carbons (Fsp3) is 0.167. The molecule has 2 N–H and O–H groups in total. The molecule has 8 heteroatoms. The standard InChI is InChI=1S/C18H17ClN4O2S/c1-25-15-8-2-12(3-9-15)10-20-16(24)11-26-18-21-17(22-23-18)13-4-6-14(19)7-5-13/h2-9H,10-11H2,1H3,(H,20,24)(H,21,22,23). The van der Waals surface area contributed by atoms with Gasteiger partial charge in [-0.2, -0.15) is 0 Å². The molecule has 0 fully saturated rings. The Labute approximate surface area is 160 Å². The summed E-state index contributed by atoms with van der Waals surface area (Å²) in [6.45, 7) is 0.466. The van der Waals surface area contributed by atoms with Gasteiger partial charge in [-0.05, 0) is 42.0 Å². The number of nitrogens with zero attached hydrogens (tertiary/aromatic N) is 2. The van der Waals surface area contributed by atoms with E-state index in [1.807, 2.05) is 36.4 Å². The summed E-state index contributed by atoms with van der Waals surface area (Å²) in [5.41, 5.74) is 1.89. The number of carbonyl (C=O) groups is 1. The van der Waals surface area contributed by atoms with Crippen molar-refractivity contribution in [2.24, 2.45) is 0 Å². The Balaban J connectivity index is 1.47. The Kier molecular flexibility index (Phi) is 6.14. The quantitative estimate of drug-likeness (QED) is 0.605. The average molecular weight is 389 g/mol. The number of hydrogen-bond donors (Lipinski definition) is 2. The third kappa shape index (κ3) is 5.00. The smallest absolute Gasteiger partial charge is 0.230 e. The van der Waals surface area contributed by atoms with E-state index in [4.69, 9.17) is 16.3 Å². The Bertz CT molecular complexity index is 866. The maximum absolute atomic E-state index is 12.0. The number of ether oxygens (including phenoxy) is 1. The number of amides is 1. The molecule has 1 amide bonds. The Hall–Kier alpha value is -2.51. The highest BCUT2D eigenvalue weighted by atomic mass is 35.5. The van der Waals surface area contributed by atoms with Gasteiger partial charge < -0.3 is 10.1 Å². The summed E-state index contributed by atoms with van der Waals surface area (Å²) in [6, 6.07) is 14.9. The normalized spacial score (nSPS) is 10.5. The van der Waals surface area contributed by atoms with Crippen molar-refractivity contribution in [3.63, 3.8) is 0 Å². The Morgan fingerprint density at radius 3 is 2.62 bits per heavy atom. The van der Waals surface area contributed by atoms with E-state index in [2.05, 4.69) is 20.5 Å². The predicted molar refractivity (Wildman–Crippen MR) is 102 cm³/mol. The lowest BCUT2D eigenvalue weighted by molar-refractivity contribution is -0.118. The molecule has 0 saturated heterocycles. The summed E-state index contributed by atoms with van der Waals surface area (Å²) >= 11 is 7.15.